The lowest BCUT2D eigenvalue weighted by Gasteiger charge is -2.11. The maximum absolute atomic E-state index is 4.57. The van der Waals surface area contributed by atoms with Crippen molar-refractivity contribution >= 4 is 6.21 Å². The molecule has 98 valence electrons. The van der Waals surface area contributed by atoms with Gasteiger partial charge < -0.3 is 0 Å². The topological polar surface area (TPSA) is 38.1 Å². The highest BCUT2D eigenvalue weighted by atomic mass is 14.7. The smallest absolute Gasteiger partial charge is 0.0726 e. The summed E-state index contributed by atoms with van der Waals surface area (Å²) in [5.41, 5.74) is 5.55. The Morgan fingerprint density at radius 1 is 1.26 bits per heavy atom. The summed E-state index contributed by atoms with van der Waals surface area (Å²) in [5.74, 6) is 0.435. The van der Waals surface area contributed by atoms with Gasteiger partial charge in [-0.15, -0.1) is 0 Å². The molecule has 0 radical (unpaired) electrons. The fraction of sp³-hybridized carbons (Fsp3) is 0.312. The Morgan fingerprint density at radius 2 is 2.05 bits per heavy atom. The van der Waals surface area contributed by atoms with Gasteiger partial charge in [-0.05, 0) is 41.7 Å². The predicted octanol–water partition coefficient (Wildman–Crippen LogP) is 3.62. The van der Waals surface area contributed by atoms with Gasteiger partial charge in [-0.2, -0.15) is 0 Å². The molecule has 0 saturated heterocycles. The zero-order valence-corrected chi connectivity index (χ0v) is 11.9. The first-order valence-electron chi connectivity index (χ1n) is 6.46. The van der Waals surface area contributed by atoms with Crippen LogP contribution in [0.4, 0.5) is 0 Å². The number of aromatic nitrogens is 2. The summed E-state index contributed by atoms with van der Waals surface area (Å²) in [5, 5.41) is 0. The number of pyridine rings is 2. The van der Waals surface area contributed by atoms with Crippen LogP contribution < -0.4 is 0 Å². The molecular formula is C16H19N3. The summed E-state index contributed by atoms with van der Waals surface area (Å²) in [7, 11) is 1.79. The molecular weight excluding hydrogens is 234 g/mol. The van der Waals surface area contributed by atoms with E-state index in [9.17, 15) is 0 Å². The largest absolute Gasteiger partial charge is 0.296 e. The van der Waals surface area contributed by atoms with E-state index in [1.54, 1.807) is 13.2 Å². The number of hydrogen-bond donors (Lipinski definition) is 0. The minimum Gasteiger partial charge on any atom is -0.296 e. The van der Waals surface area contributed by atoms with Gasteiger partial charge in [0.25, 0.3) is 0 Å². The quantitative estimate of drug-likeness (QED) is 0.783. The van der Waals surface area contributed by atoms with Crippen LogP contribution in [-0.4, -0.2) is 23.2 Å². The Hall–Kier alpha value is -2.03. The molecule has 19 heavy (non-hydrogen) atoms. The average Bonchev–Trinajstić information content (AvgIpc) is 2.39. The molecule has 2 aromatic heterocycles. The van der Waals surface area contributed by atoms with Crippen LogP contribution in [0.3, 0.4) is 0 Å². The third kappa shape index (κ3) is 2.87. The van der Waals surface area contributed by atoms with Crippen molar-refractivity contribution in [3.63, 3.8) is 0 Å². The van der Waals surface area contributed by atoms with Gasteiger partial charge in [0, 0.05) is 37.4 Å². The summed E-state index contributed by atoms with van der Waals surface area (Å²) in [6.07, 6.45) is 7.50. The second-order valence-electron chi connectivity index (χ2n) is 4.93. The van der Waals surface area contributed by atoms with Crippen LogP contribution in [0.15, 0.2) is 35.7 Å². The Kier molecular flexibility index (Phi) is 4.05. The maximum atomic E-state index is 4.57. The van der Waals surface area contributed by atoms with E-state index in [1.165, 1.54) is 11.1 Å². The highest BCUT2D eigenvalue weighted by Crippen LogP contribution is 2.24. The molecule has 3 nitrogen and oxygen atoms in total. The zero-order chi connectivity index (χ0) is 13.8. The number of nitrogens with zero attached hydrogens (tertiary/aromatic N) is 3. The fourth-order valence-corrected chi connectivity index (χ4v) is 2.09. The normalized spacial score (nSPS) is 11.4. The molecule has 0 unspecified atom stereocenters. The van der Waals surface area contributed by atoms with Crippen LogP contribution in [0.2, 0.25) is 0 Å². The van der Waals surface area contributed by atoms with Crippen molar-refractivity contribution in [1.82, 2.24) is 9.97 Å². The fourth-order valence-electron chi connectivity index (χ4n) is 2.09. The van der Waals surface area contributed by atoms with Gasteiger partial charge in [-0.25, -0.2) is 0 Å². The van der Waals surface area contributed by atoms with E-state index in [0.717, 1.165) is 16.8 Å². The van der Waals surface area contributed by atoms with E-state index < -0.39 is 0 Å². The van der Waals surface area contributed by atoms with Gasteiger partial charge in [-0.3, -0.25) is 15.0 Å². The average molecular weight is 253 g/mol. The van der Waals surface area contributed by atoms with E-state index >= 15 is 0 Å². The predicted molar refractivity (Wildman–Crippen MR) is 79.8 cm³/mol. The van der Waals surface area contributed by atoms with Crippen molar-refractivity contribution in [3.05, 3.63) is 47.4 Å². The highest BCUT2D eigenvalue weighted by molar-refractivity contribution is 5.84. The van der Waals surface area contributed by atoms with Crippen LogP contribution in [0, 0.1) is 6.92 Å². The molecule has 0 aromatic carbocycles. The lowest BCUT2D eigenvalue weighted by Crippen LogP contribution is -1.99. The summed E-state index contributed by atoms with van der Waals surface area (Å²) >= 11 is 0. The van der Waals surface area contributed by atoms with E-state index in [4.69, 9.17) is 0 Å². The lowest BCUT2D eigenvalue weighted by atomic mass is 9.97. The first-order chi connectivity index (χ1) is 9.13. The van der Waals surface area contributed by atoms with Crippen molar-refractivity contribution in [2.45, 2.75) is 26.7 Å². The van der Waals surface area contributed by atoms with Crippen molar-refractivity contribution in [1.29, 1.82) is 0 Å². The molecule has 0 fully saturated rings. The van der Waals surface area contributed by atoms with E-state index in [-0.39, 0.29) is 0 Å². The van der Waals surface area contributed by atoms with Crippen LogP contribution in [-0.2, 0) is 0 Å². The molecule has 0 bridgehead atoms. The molecule has 3 heteroatoms. The molecule has 0 spiro atoms. The van der Waals surface area contributed by atoms with Crippen molar-refractivity contribution < 1.29 is 0 Å². The van der Waals surface area contributed by atoms with Gasteiger partial charge in [0.05, 0.1) is 5.69 Å². The van der Waals surface area contributed by atoms with Crippen LogP contribution >= 0.6 is 0 Å². The third-order valence-electron chi connectivity index (χ3n) is 3.17. The van der Waals surface area contributed by atoms with E-state index in [0.29, 0.717) is 5.92 Å². The molecule has 0 atom stereocenters. The molecule has 2 rings (SSSR count). The SMILES string of the molecule is CN=Cc1cc(-c2cnccc2C)ncc1C(C)C. The van der Waals surface area contributed by atoms with Crippen molar-refractivity contribution in [3.8, 4) is 11.3 Å². The molecule has 0 N–H and O–H groups in total. The minimum absolute atomic E-state index is 0.435. The molecule has 2 aromatic rings. The van der Waals surface area contributed by atoms with Crippen LogP contribution in [0.25, 0.3) is 11.3 Å². The molecule has 0 aliphatic heterocycles. The summed E-state index contributed by atoms with van der Waals surface area (Å²) in [4.78, 5) is 12.9. The van der Waals surface area contributed by atoms with Crippen LogP contribution in [0.5, 0.6) is 0 Å². The molecule has 0 saturated carbocycles. The Morgan fingerprint density at radius 3 is 2.68 bits per heavy atom. The molecule has 0 aliphatic rings. The Balaban J connectivity index is 2.55. The first-order valence-corrected chi connectivity index (χ1v) is 6.46. The number of aryl methyl sites for hydroxylation is 1. The second kappa shape index (κ2) is 5.74. The summed E-state index contributed by atoms with van der Waals surface area (Å²) in [6, 6.07) is 4.09. The van der Waals surface area contributed by atoms with Gasteiger partial charge in [0.1, 0.15) is 0 Å². The molecule has 0 aliphatic carbocycles. The minimum atomic E-state index is 0.435. The van der Waals surface area contributed by atoms with Gasteiger partial charge in [-0.1, -0.05) is 13.8 Å². The van der Waals surface area contributed by atoms with Gasteiger partial charge >= 0.3 is 0 Å². The lowest BCUT2D eigenvalue weighted by molar-refractivity contribution is 0.856. The number of aliphatic imine (C=N–C) groups is 1. The Labute approximate surface area is 114 Å². The van der Waals surface area contributed by atoms with Gasteiger partial charge in [0.2, 0.25) is 0 Å². The van der Waals surface area contributed by atoms with Gasteiger partial charge in [0.15, 0.2) is 0 Å². The summed E-state index contributed by atoms with van der Waals surface area (Å²) in [6.45, 7) is 6.40. The van der Waals surface area contributed by atoms with E-state index in [2.05, 4.69) is 41.8 Å². The zero-order valence-electron chi connectivity index (χ0n) is 11.9. The van der Waals surface area contributed by atoms with Crippen molar-refractivity contribution in [2.24, 2.45) is 4.99 Å². The first kappa shape index (κ1) is 13.4. The highest BCUT2D eigenvalue weighted by Gasteiger charge is 2.09. The third-order valence-corrected chi connectivity index (χ3v) is 3.17. The number of hydrogen-bond acceptors (Lipinski definition) is 3. The van der Waals surface area contributed by atoms with Crippen LogP contribution in [0.1, 0.15) is 36.5 Å². The molecule has 2 heterocycles. The maximum Gasteiger partial charge on any atom is 0.0726 e. The molecule has 0 amide bonds. The van der Waals surface area contributed by atoms with E-state index in [1.807, 2.05) is 24.7 Å². The number of rotatable bonds is 3. The monoisotopic (exact) mass is 253 g/mol. The standard InChI is InChI=1S/C16H19N3/c1-11(2)14-10-19-16(7-13(14)8-17-4)15-9-18-6-5-12(15)3/h5-11H,1-4H3. The second-order valence-corrected chi connectivity index (χ2v) is 4.93. The summed E-state index contributed by atoms with van der Waals surface area (Å²) < 4.78 is 0. The van der Waals surface area contributed by atoms with Crippen molar-refractivity contribution in [2.75, 3.05) is 7.05 Å². The Bertz CT molecular complexity index is 601.